The maximum atomic E-state index is 12.1. The van der Waals surface area contributed by atoms with Crippen molar-refractivity contribution in [1.29, 1.82) is 0 Å². The molecule has 0 aliphatic carbocycles. The maximum absolute atomic E-state index is 12.1. The van der Waals surface area contributed by atoms with Crippen LogP contribution in [0, 0.1) is 0 Å². The average Bonchev–Trinajstić information content (AvgIpc) is 2.64. The van der Waals surface area contributed by atoms with Crippen LogP contribution >= 0.6 is 0 Å². The van der Waals surface area contributed by atoms with Crippen LogP contribution in [0.3, 0.4) is 0 Å². The van der Waals surface area contributed by atoms with E-state index < -0.39 is 0 Å². The molecule has 3 heteroatoms. The van der Waals surface area contributed by atoms with E-state index in [-0.39, 0.29) is 16.9 Å². The van der Waals surface area contributed by atoms with Crippen LogP contribution in [0.15, 0.2) is 99.6 Å². The second kappa shape index (κ2) is 7.84. The summed E-state index contributed by atoms with van der Waals surface area (Å²) >= 11 is 0. The second-order valence-corrected chi connectivity index (χ2v) is 7.21. The molecule has 3 aromatic rings. The number of carbonyl (C=O) groups is 1. The summed E-state index contributed by atoms with van der Waals surface area (Å²) in [5.74, 6) is -0.274. The zero-order valence-electron chi connectivity index (χ0n) is 13.5. The van der Waals surface area contributed by atoms with Gasteiger partial charge in [0.1, 0.15) is 0 Å². The van der Waals surface area contributed by atoms with E-state index in [4.69, 9.17) is 4.74 Å². The zero-order chi connectivity index (χ0) is 16.8. The lowest BCUT2D eigenvalue weighted by molar-refractivity contribution is 0.0526. The molecule has 120 valence electrons. The largest absolute Gasteiger partial charge is 0.462 e. The molecule has 0 unspecified atom stereocenters. The molecule has 0 saturated heterocycles. The molecule has 0 spiro atoms. The molecule has 2 nitrogen and oxygen atoms in total. The van der Waals surface area contributed by atoms with Crippen LogP contribution in [0.25, 0.3) is 0 Å². The van der Waals surface area contributed by atoms with E-state index in [1.807, 2.05) is 55.5 Å². The van der Waals surface area contributed by atoms with Gasteiger partial charge in [-0.1, -0.05) is 42.5 Å². The molecule has 0 atom stereocenters. The third-order valence-electron chi connectivity index (χ3n) is 3.54. The molecule has 0 aliphatic heterocycles. The minimum absolute atomic E-state index is 0.253. The molecule has 3 aromatic carbocycles. The fourth-order valence-corrected chi connectivity index (χ4v) is 4.62. The van der Waals surface area contributed by atoms with Crippen molar-refractivity contribution in [2.24, 2.45) is 0 Å². The fourth-order valence-electron chi connectivity index (χ4n) is 2.49. The van der Waals surface area contributed by atoms with Gasteiger partial charge < -0.3 is 4.74 Å². The molecule has 0 radical (unpaired) electrons. The van der Waals surface area contributed by atoms with Gasteiger partial charge in [0.15, 0.2) is 14.7 Å². The maximum Gasteiger partial charge on any atom is 0.338 e. The van der Waals surface area contributed by atoms with E-state index in [9.17, 15) is 4.79 Å². The Morgan fingerprint density at radius 3 is 1.88 bits per heavy atom. The molecular weight excluding hydrogens is 316 g/mol. The van der Waals surface area contributed by atoms with E-state index in [1.165, 1.54) is 9.79 Å². The minimum atomic E-state index is -0.274. The Kier molecular flexibility index (Phi) is 5.34. The fraction of sp³-hybridized carbons (Fsp3) is 0.0952. The van der Waals surface area contributed by atoms with E-state index >= 15 is 0 Å². The lowest BCUT2D eigenvalue weighted by atomic mass is 10.2. The summed E-state index contributed by atoms with van der Waals surface area (Å²) < 4.78 is 5.14. The van der Waals surface area contributed by atoms with Crippen LogP contribution in [0.2, 0.25) is 0 Å². The second-order valence-electron chi connectivity index (χ2n) is 5.18. The summed E-state index contributed by atoms with van der Waals surface area (Å²) in [5, 5.41) is 0. The van der Waals surface area contributed by atoms with Crippen molar-refractivity contribution in [3.8, 4) is 0 Å². The van der Waals surface area contributed by atoms with Crippen LogP contribution in [-0.4, -0.2) is 12.6 Å². The van der Waals surface area contributed by atoms with Crippen LogP contribution < -0.4 is 0 Å². The highest BCUT2D eigenvalue weighted by molar-refractivity contribution is 7.97. The molecular formula is C21H19O2S+. The summed E-state index contributed by atoms with van der Waals surface area (Å²) in [6.45, 7) is 2.20. The highest BCUT2D eigenvalue weighted by Gasteiger charge is 2.29. The van der Waals surface area contributed by atoms with Gasteiger partial charge in [0.05, 0.1) is 23.1 Å². The lowest BCUT2D eigenvalue weighted by Crippen LogP contribution is -2.08. The third kappa shape index (κ3) is 3.69. The Labute approximate surface area is 145 Å². The number of ether oxygens (including phenoxy) is 1. The summed E-state index contributed by atoms with van der Waals surface area (Å²) in [4.78, 5) is 15.6. The minimum Gasteiger partial charge on any atom is -0.462 e. The molecule has 0 saturated carbocycles. The number of rotatable bonds is 5. The molecule has 0 bridgehead atoms. The summed E-state index contributed by atoms with van der Waals surface area (Å²) in [6.07, 6.45) is 0. The predicted octanol–water partition coefficient (Wildman–Crippen LogP) is 4.96. The van der Waals surface area contributed by atoms with Gasteiger partial charge in [-0.05, 0) is 43.3 Å². The number of hydrogen-bond donors (Lipinski definition) is 0. The third-order valence-corrected chi connectivity index (χ3v) is 5.75. The van der Waals surface area contributed by atoms with E-state index in [0.717, 1.165) is 4.90 Å². The quantitative estimate of drug-likeness (QED) is 0.487. The Morgan fingerprint density at radius 1 is 0.792 bits per heavy atom. The smallest absolute Gasteiger partial charge is 0.338 e. The van der Waals surface area contributed by atoms with Gasteiger partial charge in [-0.2, -0.15) is 0 Å². The highest BCUT2D eigenvalue weighted by Crippen LogP contribution is 2.31. The van der Waals surface area contributed by atoms with Gasteiger partial charge in [0.2, 0.25) is 0 Å². The number of benzene rings is 3. The topological polar surface area (TPSA) is 26.3 Å². The van der Waals surface area contributed by atoms with Gasteiger partial charge >= 0.3 is 5.97 Å². The number of carbonyl (C=O) groups excluding carboxylic acids is 1. The SMILES string of the molecule is CCOC(=O)c1cccc([S+](c2ccccc2)c2ccccc2)c1. The van der Waals surface area contributed by atoms with Crippen LogP contribution in [-0.2, 0) is 15.6 Å². The number of hydrogen-bond acceptors (Lipinski definition) is 2. The monoisotopic (exact) mass is 335 g/mol. The Balaban J connectivity index is 2.07. The van der Waals surface area contributed by atoms with Crippen molar-refractivity contribution in [2.75, 3.05) is 6.61 Å². The van der Waals surface area contributed by atoms with E-state index in [1.54, 1.807) is 6.07 Å². The standard InChI is InChI=1S/C21H19O2S/c1-2-23-21(22)17-10-9-15-20(16-17)24(18-11-5-3-6-12-18)19-13-7-4-8-14-19/h3-16H,2H2,1H3/q+1. The first-order chi connectivity index (χ1) is 11.8. The molecule has 0 fully saturated rings. The van der Waals surface area contributed by atoms with Crippen LogP contribution in [0.4, 0.5) is 0 Å². The Morgan fingerprint density at radius 2 is 1.33 bits per heavy atom. The first-order valence-corrected chi connectivity index (χ1v) is 9.13. The molecule has 0 heterocycles. The number of esters is 1. The average molecular weight is 335 g/mol. The van der Waals surface area contributed by atoms with Gasteiger partial charge in [-0.25, -0.2) is 4.79 Å². The van der Waals surface area contributed by atoms with Crippen LogP contribution in [0.5, 0.6) is 0 Å². The molecule has 0 N–H and O–H groups in total. The van der Waals surface area contributed by atoms with Crippen molar-refractivity contribution < 1.29 is 9.53 Å². The Hall–Kier alpha value is -2.52. The van der Waals surface area contributed by atoms with Gasteiger partial charge in [-0.3, -0.25) is 0 Å². The molecule has 0 aromatic heterocycles. The van der Waals surface area contributed by atoms with Crippen LogP contribution in [0.1, 0.15) is 17.3 Å². The van der Waals surface area contributed by atoms with Crippen molar-refractivity contribution >= 4 is 16.9 Å². The molecule has 0 aliphatic rings. The van der Waals surface area contributed by atoms with Gasteiger partial charge in [0, 0.05) is 6.07 Å². The summed E-state index contributed by atoms with van der Waals surface area (Å²) in [6, 6.07) is 28.5. The van der Waals surface area contributed by atoms with E-state index in [0.29, 0.717) is 12.2 Å². The lowest BCUT2D eigenvalue weighted by Gasteiger charge is -2.09. The normalized spacial score (nSPS) is 10.6. The zero-order valence-corrected chi connectivity index (χ0v) is 14.3. The van der Waals surface area contributed by atoms with E-state index in [2.05, 4.69) is 30.3 Å². The van der Waals surface area contributed by atoms with Gasteiger partial charge in [0.25, 0.3) is 0 Å². The molecule has 24 heavy (non-hydrogen) atoms. The summed E-state index contributed by atoms with van der Waals surface area (Å²) in [7, 11) is -0.253. The highest BCUT2D eigenvalue weighted by atomic mass is 32.2. The Bertz CT molecular complexity index is 761. The summed E-state index contributed by atoms with van der Waals surface area (Å²) in [5.41, 5.74) is 0.596. The van der Waals surface area contributed by atoms with Crippen molar-refractivity contribution in [3.05, 3.63) is 90.5 Å². The first-order valence-electron chi connectivity index (χ1n) is 7.91. The van der Waals surface area contributed by atoms with Crippen molar-refractivity contribution in [2.45, 2.75) is 21.6 Å². The van der Waals surface area contributed by atoms with Crippen molar-refractivity contribution in [1.82, 2.24) is 0 Å². The van der Waals surface area contributed by atoms with Gasteiger partial charge in [-0.15, -0.1) is 0 Å². The van der Waals surface area contributed by atoms with Crippen molar-refractivity contribution in [3.63, 3.8) is 0 Å². The first kappa shape index (κ1) is 16.3. The molecule has 3 rings (SSSR count). The molecule has 0 amide bonds. The predicted molar refractivity (Wildman–Crippen MR) is 97.4 cm³/mol.